The van der Waals surface area contributed by atoms with Crippen molar-refractivity contribution in [2.24, 2.45) is 11.7 Å². The number of nitrogens with zero attached hydrogens (tertiary/aromatic N) is 1. The number of rotatable bonds is 4. The number of carboxylic acid groups (broad SMARTS) is 1. The van der Waals surface area contributed by atoms with Crippen molar-refractivity contribution in [3.8, 4) is 0 Å². The first-order valence-electron chi connectivity index (χ1n) is 5.55. The van der Waals surface area contributed by atoms with Gasteiger partial charge in [0, 0.05) is 0 Å². The normalized spacial score (nSPS) is 21.4. The summed E-state index contributed by atoms with van der Waals surface area (Å²) in [5, 5.41) is 8.63. The molecule has 0 bridgehead atoms. The van der Waals surface area contributed by atoms with Gasteiger partial charge in [-0.25, -0.2) is 0 Å². The van der Waals surface area contributed by atoms with E-state index in [1.165, 1.54) is 4.90 Å². The van der Waals surface area contributed by atoms with E-state index in [4.69, 9.17) is 10.8 Å². The number of carbonyl (C=O) groups is 1. The SMILES string of the molecule is N[C@@H](CC1CCN(CC(F)(F)F)CC1)C(=O)O. The monoisotopic (exact) mass is 254 g/mol. The lowest BCUT2D eigenvalue weighted by molar-refractivity contribution is -0.148. The maximum Gasteiger partial charge on any atom is 0.401 e. The highest BCUT2D eigenvalue weighted by Gasteiger charge is 2.33. The Morgan fingerprint density at radius 2 is 1.94 bits per heavy atom. The van der Waals surface area contributed by atoms with Crippen LogP contribution in [0.25, 0.3) is 0 Å². The molecule has 0 unspecified atom stereocenters. The van der Waals surface area contributed by atoms with Crippen LogP contribution in [0, 0.1) is 5.92 Å². The molecule has 1 atom stereocenters. The first-order valence-corrected chi connectivity index (χ1v) is 5.55. The van der Waals surface area contributed by atoms with Crippen molar-refractivity contribution in [1.29, 1.82) is 0 Å². The van der Waals surface area contributed by atoms with Crippen molar-refractivity contribution in [2.45, 2.75) is 31.5 Å². The van der Waals surface area contributed by atoms with E-state index in [1.807, 2.05) is 0 Å². The van der Waals surface area contributed by atoms with Gasteiger partial charge >= 0.3 is 12.1 Å². The van der Waals surface area contributed by atoms with Gasteiger partial charge in [0.2, 0.25) is 0 Å². The summed E-state index contributed by atoms with van der Waals surface area (Å²) in [5.74, 6) is -0.937. The second-order valence-electron chi connectivity index (χ2n) is 4.52. The van der Waals surface area contributed by atoms with Gasteiger partial charge < -0.3 is 10.8 Å². The molecule has 1 fully saturated rings. The Balaban J connectivity index is 2.29. The van der Waals surface area contributed by atoms with E-state index in [0.29, 0.717) is 32.4 Å². The number of aliphatic carboxylic acids is 1. The molecule has 17 heavy (non-hydrogen) atoms. The standard InChI is InChI=1S/C10H17F3N2O2/c11-10(12,13)6-15-3-1-7(2-4-15)5-8(14)9(16)17/h7-8H,1-6,14H2,(H,16,17)/t8-/m0/s1. The van der Waals surface area contributed by atoms with Gasteiger partial charge in [0.25, 0.3) is 0 Å². The minimum absolute atomic E-state index is 0.116. The zero-order valence-corrected chi connectivity index (χ0v) is 9.41. The largest absolute Gasteiger partial charge is 0.480 e. The predicted molar refractivity (Wildman–Crippen MR) is 55.4 cm³/mol. The van der Waals surface area contributed by atoms with Crippen LogP contribution in [0.5, 0.6) is 0 Å². The second kappa shape index (κ2) is 5.68. The Morgan fingerprint density at radius 1 is 1.41 bits per heavy atom. The van der Waals surface area contributed by atoms with E-state index in [-0.39, 0.29) is 5.92 Å². The first kappa shape index (κ1) is 14.2. The molecular formula is C10H17F3N2O2. The Bertz CT molecular complexity index is 263. The molecule has 3 N–H and O–H groups in total. The van der Waals surface area contributed by atoms with Crippen LogP contribution in [0.15, 0.2) is 0 Å². The maximum atomic E-state index is 12.1. The molecule has 1 rings (SSSR count). The number of likely N-dealkylation sites (tertiary alicyclic amines) is 1. The summed E-state index contributed by atoms with van der Waals surface area (Å²) in [7, 11) is 0. The lowest BCUT2D eigenvalue weighted by Gasteiger charge is -2.32. The Kier molecular flexibility index (Phi) is 4.76. The van der Waals surface area contributed by atoms with E-state index >= 15 is 0 Å². The van der Waals surface area contributed by atoms with Crippen molar-refractivity contribution < 1.29 is 23.1 Å². The lowest BCUT2D eigenvalue weighted by atomic mass is 9.90. The summed E-state index contributed by atoms with van der Waals surface area (Å²) in [5.41, 5.74) is 5.39. The van der Waals surface area contributed by atoms with Gasteiger partial charge in [-0.15, -0.1) is 0 Å². The second-order valence-corrected chi connectivity index (χ2v) is 4.52. The molecule has 0 aromatic heterocycles. The molecule has 0 amide bonds. The summed E-state index contributed by atoms with van der Waals surface area (Å²) in [6.07, 6.45) is -2.66. The van der Waals surface area contributed by atoms with Gasteiger partial charge in [-0.1, -0.05) is 0 Å². The van der Waals surface area contributed by atoms with Crippen LogP contribution >= 0.6 is 0 Å². The van der Waals surface area contributed by atoms with Gasteiger partial charge in [0.15, 0.2) is 0 Å². The molecular weight excluding hydrogens is 237 g/mol. The summed E-state index contributed by atoms with van der Waals surface area (Å²) in [6.45, 7) is -0.169. The molecule has 0 spiro atoms. The molecule has 100 valence electrons. The average molecular weight is 254 g/mol. The van der Waals surface area contributed by atoms with E-state index in [2.05, 4.69) is 0 Å². The number of carboxylic acids is 1. The van der Waals surface area contributed by atoms with E-state index in [1.54, 1.807) is 0 Å². The molecule has 4 nitrogen and oxygen atoms in total. The number of hydrogen-bond acceptors (Lipinski definition) is 3. The number of alkyl halides is 3. The molecule has 0 radical (unpaired) electrons. The highest BCUT2D eigenvalue weighted by Crippen LogP contribution is 2.24. The summed E-state index contributed by atoms with van der Waals surface area (Å²) < 4.78 is 36.3. The van der Waals surface area contributed by atoms with Crippen molar-refractivity contribution in [1.82, 2.24) is 4.90 Å². The third kappa shape index (κ3) is 5.36. The van der Waals surface area contributed by atoms with Gasteiger partial charge in [-0.05, 0) is 38.3 Å². The van der Waals surface area contributed by atoms with Crippen LogP contribution in [0.1, 0.15) is 19.3 Å². The summed E-state index contributed by atoms with van der Waals surface area (Å²) >= 11 is 0. The zero-order chi connectivity index (χ0) is 13.1. The minimum atomic E-state index is -4.16. The smallest absolute Gasteiger partial charge is 0.401 e. The van der Waals surface area contributed by atoms with Crippen LogP contribution in [0.2, 0.25) is 0 Å². The summed E-state index contributed by atoms with van der Waals surface area (Å²) in [6, 6.07) is -0.908. The minimum Gasteiger partial charge on any atom is -0.480 e. The topological polar surface area (TPSA) is 66.6 Å². The molecule has 0 aromatic carbocycles. The molecule has 0 aromatic rings. The first-order chi connectivity index (χ1) is 7.78. The number of nitrogens with two attached hydrogens (primary N) is 1. The van der Waals surface area contributed by atoms with Crippen molar-refractivity contribution >= 4 is 5.97 Å². The van der Waals surface area contributed by atoms with E-state index in [9.17, 15) is 18.0 Å². The van der Waals surface area contributed by atoms with Crippen LogP contribution < -0.4 is 5.73 Å². The van der Waals surface area contributed by atoms with Crippen molar-refractivity contribution in [3.63, 3.8) is 0 Å². The lowest BCUT2D eigenvalue weighted by Crippen LogP contribution is -2.42. The average Bonchev–Trinajstić information content (AvgIpc) is 2.18. The van der Waals surface area contributed by atoms with Gasteiger partial charge in [-0.2, -0.15) is 13.2 Å². The Labute approximate surface area is 97.6 Å². The molecule has 1 aliphatic rings. The number of piperidine rings is 1. The molecule has 1 heterocycles. The fourth-order valence-electron chi connectivity index (χ4n) is 2.09. The third-order valence-electron chi connectivity index (χ3n) is 3.01. The number of hydrogen-bond donors (Lipinski definition) is 2. The fraction of sp³-hybridized carbons (Fsp3) is 0.900. The number of halogens is 3. The predicted octanol–water partition coefficient (Wildman–Crippen LogP) is 1.06. The molecule has 1 aliphatic heterocycles. The van der Waals surface area contributed by atoms with Crippen LogP contribution in [-0.2, 0) is 4.79 Å². The molecule has 7 heteroatoms. The highest BCUT2D eigenvalue weighted by molar-refractivity contribution is 5.73. The summed E-state index contributed by atoms with van der Waals surface area (Å²) in [4.78, 5) is 11.9. The Hall–Kier alpha value is -0.820. The van der Waals surface area contributed by atoms with Gasteiger partial charge in [0.05, 0.1) is 6.54 Å². The van der Waals surface area contributed by atoms with Crippen LogP contribution in [0.4, 0.5) is 13.2 Å². The molecule has 0 aliphatic carbocycles. The van der Waals surface area contributed by atoms with E-state index in [0.717, 1.165) is 0 Å². The van der Waals surface area contributed by atoms with Crippen molar-refractivity contribution in [2.75, 3.05) is 19.6 Å². The van der Waals surface area contributed by atoms with E-state index < -0.39 is 24.7 Å². The zero-order valence-electron chi connectivity index (χ0n) is 9.41. The highest BCUT2D eigenvalue weighted by atomic mass is 19.4. The third-order valence-corrected chi connectivity index (χ3v) is 3.01. The molecule has 1 saturated heterocycles. The maximum absolute atomic E-state index is 12.1. The van der Waals surface area contributed by atoms with Gasteiger partial charge in [-0.3, -0.25) is 9.69 Å². The van der Waals surface area contributed by atoms with Gasteiger partial charge in [0.1, 0.15) is 6.04 Å². The van der Waals surface area contributed by atoms with Crippen LogP contribution in [0.3, 0.4) is 0 Å². The van der Waals surface area contributed by atoms with Crippen LogP contribution in [-0.4, -0.2) is 47.8 Å². The molecule has 0 saturated carbocycles. The fourth-order valence-corrected chi connectivity index (χ4v) is 2.09. The quantitative estimate of drug-likeness (QED) is 0.787. The van der Waals surface area contributed by atoms with Crippen molar-refractivity contribution in [3.05, 3.63) is 0 Å². The Morgan fingerprint density at radius 3 is 2.35 bits per heavy atom.